The fourth-order valence-corrected chi connectivity index (χ4v) is 3.33. The van der Waals surface area contributed by atoms with Crippen LogP contribution in [0.25, 0.3) is 0 Å². The molecular formula is C10H15NO4S2. The number of ether oxygens (including phenoxy) is 1. The highest BCUT2D eigenvalue weighted by Gasteiger charge is 2.12. The summed E-state index contributed by atoms with van der Waals surface area (Å²) in [5.74, 6) is -0.361. The molecule has 0 saturated heterocycles. The monoisotopic (exact) mass is 277 g/mol. The minimum Gasteiger partial charge on any atom is -0.481 e. The average Bonchev–Trinajstić information content (AvgIpc) is 2.56. The van der Waals surface area contributed by atoms with E-state index in [1.807, 2.05) is 0 Å². The van der Waals surface area contributed by atoms with Gasteiger partial charge >= 0.3 is 5.97 Å². The van der Waals surface area contributed by atoms with Crippen LogP contribution in [0, 0.1) is 6.92 Å². The maximum atomic E-state index is 10.6. The van der Waals surface area contributed by atoms with Crippen molar-refractivity contribution < 1.29 is 19.7 Å². The minimum absolute atomic E-state index is 0.00465. The first kappa shape index (κ1) is 14.4. The fraction of sp³-hybridized carbons (Fsp3) is 0.600. The van der Waals surface area contributed by atoms with Crippen LogP contribution >= 0.6 is 23.1 Å². The highest BCUT2D eigenvalue weighted by molar-refractivity contribution is 8.01. The lowest BCUT2D eigenvalue weighted by Crippen LogP contribution is -2.16. The molecule has 1 atom stereocenters. The number of thiazole rings is 1. The zero-order valence-electron chi connectivity index (χ0n) is 9.67. The molecule has 0 aliphatic heterocycles. The molecule has 1 aromatic rings. The predicted molar refractivity (Wildman–Crippen MR) is 66.8 cm³/mol. The zero-order chi connectivity index (χ0) is 12.8. The average molecular weight is 277 g/mol. The number of carboxylic acid groups (broad SMARTS) is 1. The highest BCUT2D eigenvalue weighted by Crippen LogP contribution is 2.28. The lowest BCUT2D eigenvalue weighted by atomic mass is 10.3. The maximum absolute atomic E-state index is 10.6. The van der Waals surface area contributed by atoms with Gasteiger partial charge in [-0.3, -0.25) is 4.79 Å². The van der Waals surface area contributed by atoms with Gasteiger partial charge in [-0.15, -0.1) is 11.3 Å². The first-order valence-corrected chi connectivity index (χ1v) is 6.81. The largest absolute Gasteiger partial charge is 0.481 e. The second kappa shape index (κ2) is 6.95. The topological polar surface area (TPSA) is 79.7 Å². The third kappa shape index (κ3) is 5.03. The molecule has 0 aromatic carbocycles. The van der Waals surface area contributed by atoms with Crippen LogP contribution in [0.4, 0.5) is 0 Å². The number of aliphatic hydroxyl groups excluding tert-OH is 1. The number of aromatic nitrogens is 1. The van der Waals surface area contributed by atoms with Gasteiger partial charge in [0.05, 0.1) is 24.8 Å². The van der Waals surface area contributed by atoms with Crippen LogP contribution in [0.3, 0.4) is 0 Å². The number of aliphatic hydroxyl groups is 1. The van der Waals surface area contributed by atoms with Gasteiger partial charge in [0.15, 0.2) is 0 Å². The van der Waals surface area contributed by atoms with E-state index in [4.69, 9.17) is 9.84 Å². The molecule has 0 bridgehead atoms. The Bertz CT molecular complexity index is 380. The van der Waals surface area contributed by atoms with E-state index in [0.29, 0.717) is 12.4 Å². The van der Waals surface area contributed by atoms with Gasteiger partial charge in [-0.1, -0.05) is 11.8 Å². The normalized spacial score (nSPS) is 12.6. The predicted octanol–water partition coefficient (Wildman–Crippen LogP) is 1.18. The molecular weight excluding hydrogens is 262 g/mol. The van der Waals surface area contributed by atoms with Crippen molar-refractivity contribution in [1.82, 2.24) is 4.98 Å². The minimum atomic E-state index is -0.854. The SMILES string of the molecule is COCC(O)CSc1nc(C)c(CC(=O)O)s1. The van der Waals surface area contributed by atoms with Crippen molar-refractivity contribution in [3.05, 3.63) is 10.6 Å². The summed E-state index contributed by atoms with van der Waals surface area (Å²) in [5.41, 5.74) is 0.751. The third-order valence-electron chi connectivity index (χ3n) is 1.94. The Balaban J connectivity index is 2.52. The Kier molecular flexibility index (Phi) is 5.90. The standard InChI is InChI=1S/C10H15NO4S2/c1-6-8(3-9(13)14)17-10(11-6)16-5-7(12)4-15-2/h7,12H,3-5H2,1-2H3,(H,13,14). The number of hydrogen-bond donors (Lipinski definition) is 2. The first-order chi connectivity index (χ1) is 8.02. The van der Waals surface area contributed by atoms with Gasteiger partial charge in [-0.25, -0.2) is 4.98 Å². The Labute approximate surface area is 108 Å². The van der Waals surface area contributed by atoms with Crippen molar-refractivity contribution in [3.63, 3.8) is 0 Å². The van der Waals surface area contributed by atoms with E-state index >= 15 is 0 Å². The van der Waals surface area contributed by atoms with Crippen molar-refractivity contribution in [3.8, 4) is 0 Å². The number of aryl methyl sites for hydroxylation is 1. The molecule has 0 aliphatic carbocycles. The van der Waals surface area contributed by atoms with E-state index in [-0.39, 0.29) is 6.42 Å². The molecule has 0 saturated carbocycles. The van der Waals surface area contributed by atoms with Crippen LogP contribution in [0.2, 0.25) is 0 Å². The summed E-state index contributed by atoms with van der Waals surface area (Å²) in [6.45, 7) is 2.09. The molecule has 0 spiro atoms. The van der Waals surface area contributed by atoms with Gasteiger partial charge in [0.2, 0.25) is 0 Å². The van der Waals surface area contributed by atoms with Crippen molar-refractivity contribution in [2.75, 3.05) is 19.5 Å². The van der Waals surface area contributed by atoms with E-state index in [1.54, 1.807) is 6.92 Å². The van der Waals surface area contributed by atoms with Crippen LogP contribution in [-0.2, 0) is 16.0 Å². The molecule has 1 rings (SSSR count). The highest BCUT2D eigenvalue weighted by atomic mass is 32.2. The number of hydrogen-bond acceptors (Lipinski definition) is 6. The molecule has 5 nitrogen and oxygen atoms in total. The van der Waals surface area contributed by atoms with E-state index in [0.717, 1.165) is 14.9 Å². The van der Waals surface area contributed by atoms with Crippen LogP contribution in [0.15, 0.2) is 4.34 Å². The van der Waals surface area contributed by atoms with Crippen LogP contribution in [0.1, 0.15) is 10.6 Å². The van der Waals surface area contributed by atoms with E-state index in [9.17, 15) is 9.90 Å². The van der Waals surface area contributed by atoms with Crippen molar-refractivity contribution in [2.45, 2.75) is 23.8 Å². The van der Waals surface area contributed by atoms with E-state index < -0.39 is 12.1 Å². The molecule has 0 aliphatic rings. The van der Waals surface area contributed by atoms with Crippen molar-refractivity contribution >= 4 is 29.1 Å². The number of nitrogens with zero attached hydrogens (tertiary/aromatic N) is 1. The van der Waals surface area contributed by atoms with E-state index in [1.165, 1.54) is 30.2 Å². The second-order valence-electron chi connectivity index (χ2n) is 3.48. The quantitative estimate of drug-likeness (QED) is 0.729. The molecule has 2 N–H and O–H groups in total. The molecule has 96 valence electrons. The number of carboxylic acids is 1. The molecule has 0 fully saturated rings. The lowest BCUT2D eigenvalue weighted by molar-refractivity contribution is -0.136. The molecule has 17 heavy (non-hydrogen) atoms. The first-order valence-electron chi connectivity index (χ1n) is 5.00. The molecule has 1 unspecified atom stereocenters. The maximum Gasteiger partial charge on any atom is 0.308 e. The Hall–Kier alpha value is -0.630. The van der Waals surface area contributed by atoms with Gasteiger partial charge in [0.1, 0.15) is 4.34 Å². The summed E-state index contributed by atoms with van der Waals surface area (Å²) in [6, 6.07) is 0. The van der Waals surface area contributed by atoms with Gasteiger partial charge in [-0.2, -0.15) is 0 Å². The summed E-state index contributed by atoms with van der Waals surface area (Å²) in [5, 5.41) is 18.2. The molecule has 0 amide bonds. The van der Waals surface area contributed by atoms with Crippen molar-refractivity contribution in [1.29, 1.82) is 0 Å². The number of methoxy groups -OCH3 is 1. The summed E-state index contributed by atoms with van der Waals surface area (Å²) in [6.07, 6.45) is -0.526. The van der Waals surface area contributed by atoms with Gasteiger partial charge < -0.3 is 14.9 Å². The molecule has 7 heteroatoms. The third-order valence-corrected chi connectivity index (χ3v) is 4.39. The van der Waals surface area contributed by atoms with E-state index in [2.05, 4.69) is 4.98 Å². The summed E-state index contributed by atoms with van der Waals surface area (Å²) in [7, 11) is 1.53. The van der Waals surface area contributed by atoms with Crippen LogP contribution in [-0.4, -0.2) is 46.7 Å². The molecule has 0 radical (unpaired) electrons. The molecule has 1 aromatic heterocycles. The summed E-state index contributed by atoms with van der Waals surface area (Å²) < 4.78 is 5.60. The number of carbonyl (C=O) groups is 1. The summed E-state index contributed by atoms with van der Waals surface area (Å²) >= 11 is 2.78. The fourth-order valence-electron chi connectivity index (χ4n) is 1.17. The number of rotatable bonds is 7. The number of thioether (sulfide) groups is 1. The van der Waals surface area contributed by atoms with Crippen LogP contribution in [0.5, 0.6) is 0 Å². The lowest BCUT2D eigenvalue weighted by Gasteiger charge is -2.06. The van der Waals surface area contributed by atoms with Gasteiger partial charge in [0, 0.05) is 17.7 Å². The van der Waals surface area contributed by atoms with Crippen LogP contribution < -0.4 is 0 Å². The zero-order valence-corrected chi connectivity index (χ0v) is 11.3. The second-order valence-corrected chi connectivity index (χ2v) is 5.83. The Morgan fingerprint density at radius 1 is 1.65 bits per heavy atom. The summed E-state index contributed by atoms with van der Waals surface area (Å²) in [4.78, 5) is 15.6. The van der Waals surface area contributed by atoms with Gasteiger partial charge in [0.25, 0.3) is 0 Å². The number of aliphatic carboxylic acids is 1. The Morgan fingerprint density at radius 3 is 2.94 bits per heavy atom. The smallest absolute Gasteiger partial charge is 0.308 e. The van der Waals surface area contributed by atoms with Crippen molar-refractivity contribution in [2.24, 2.45) is 0 Å². The van der Waals surface area contributed by atoms with Gasteiger partial charge in [-0.05, 0) is 6.92 Å². The molecule has 1 heterocycles. The Morgan fingerprint density at radius 2 is 2.35 bits per heavy atom.